The van der Waals surface area contributed by atoms with Crippen LogP contribution in [0.2, 0.25) is 5.02 Å². The van der Waals surface area contributed by atoms with Crippen molar-refractivity contribution in [3.05, 3.63) is 69.2 Å². The summed E-state index contributed by atoms with van der Waals surface area (Å²) in [4.78, 5) is 53.6. The van der Waals surface area contributed by atoms with E-state index >= 15 is 0 Å². The summed E-state index contributed by atoms with van der Waals surface area (Å²) in [7, 11) is 4.08. The second-order valence-electron chi connectivity index (χ2n) is 12.3. The number of nitrogens with two attached hydrogens (primary N) is 1. The number of nitrogen functional groups attached to an aromatic ring is 1. The first-order valence-corrected chi connectivity index (χ1v) is 16.0. The molecule has 2 fully saturated rings. The Morgan fingerprint density at radius 1 is 1.13 bits per heavy atom. The number of ether oxygens (including phenoxy) is 1. The van der Waals surface area contributed by atoms with Crippen molar-refractivity contribution in [3.8, 4) is 12.3 Å². The Labute approximate surface area is 272 Å². The van der Waals surface area contributed by atoms with Crippen molar-refractivity contribution in [2.24, 2.45) is 0 Å². The first-order valence-electron chi connectivity index (χ1n) is 15.6. The summed E-state index contributed by atoms with van der Waals surface area (Å²) in [6.07, 6.45) is 8.59. The van der Waals surface area contributed by atoms with Crippen LogP contribution in [0.15, 0.2) is 47.4 Å². The van der Waals surface area contributed by atoms with Crippen LogP contribution in [0.4, 0.5) is 10.5 Å². The Hall–Kier alpha value is -4.53. The van der Waals surface area contributed by atoms with Gasteiger partial charge in [0.1, 0.15) is 0 Å². The molecule has 0 spiro atoms. The molecule has 11 nitrogen and oxygen atoms in total. The minimum absolute atomic E-state index is 0.106. The van der Waals surface area contributed by atoms with Gasteiger partial charge in [0.15, 0.2) is 6.10 Å². The van der Waals surface area contributed by atoms with Crippen molar-refractivity contribution < 1.29 is 14.3 Å². The van der Waals surface area contributed by atoms with Crippen LogP contribution in [-0.2, 0) is 16.0 Å². The van der Waals surface area contributed by atoms with E-state index < -0.39 is 12.2 Å². The number of terminal acetylenes is 1. The minimum atomic E-state index is -1.07. The number of aromatic nitrogens is 3. The van der Waals surface area contributed by atoms with Crippen LogP contribution < -0.4 is 11.4 Å². The molecule has 4 aromatic rings. The van der Waals surface area contributed by atoms with Gasteiger partial charge in [0, 0.05) is 55.6 Å². The fraction of sp³-hybridized carbons (Fsp3) is 0.412. The molecule has 2 aliphatic rings. The number of piperidine rings is 2. The monoisotopic (exact) mass is 643 g/mol. The molecule has 2 saturated heterocycles. The summed E-state index contributed by atoms with van der Waals surface area (Å²) in [5.41, 5.74) is 9.49. The molecule has 0 radical (unpaired) electrons. The van der Waals surface area contributed by atoms with Gasteiger partial charge in [0.2, 0.25) is 0 Å². The number of halogens is 1. The molecule has 0 saturated carbocycles. The number of aromatic amines is 1. The Morgan fingerprint density at radius 3 is 2.52 bits per heavy atom. The quantitative estimate of drug-likeness (QED) is 0.240. The van der Waals surface area contributed by atoms with Crippen LogP contribution in [0.3, 0.4) is 0 Å². The Morgan fingerprint density at radius 2 is 1.83 bits per heavy atom. The number of para-hydroxylation sites is 1. The van der Waals surface area contributed by atoms with Gasteiger partial charge in [-0.25, -0.2) is 9.59 Å². The van der Waals surface area contributed by atoms with E-state index in [0.29, 0.717) is 61.9 Å². The third-order valence-corrected chi connectivity index (χ3v) is 9.66. The fourth-order valence-corrected chi connectivity index (χ4v) is 6.94. The number of likely N-dealkylation sites (tertiary alicyclic amines) is 2. The topological polar surface area (TPSA) is 130 Å². The van der Waals surface area contributed by atoms with E-state index in [1.54, 1.807) is 32.7 Å². The van der Waals surface area contributed by atoms with Gasteiger partial charge >= 0.3 is 11.8 Å². The number of imidazole rings is 1. The van der Waals surface area contributed by atoms with Gasteiger partial charge in [-0.3, -0.25) is 14.3 Å². The van der Waals surface area contributed by atoms with E-state index in [4.69, 9.17) is 28.5 Å². The number of anilines is 1. The molecular weight excluding hydrogens is 606 g/mol. The number of amides is 2. The Bertz CT molecular complexity index is 1880. The summed E-state index contributed by atoms with van der Waals surface area (Å²) in [6, 6.07) is 11.3. The van der Waals surface area contributed by atoms with Gasteiger partial charge in [0.25, 0.3) is 5.91 Å². The van der Waals surface area contributed by atoms with Crippen LogP contribution in [0.25, 0.3) is 21.9 Å². The molecule has 2 aromatic heterocycles. The maximum atomic E-state index is 13.8. The van der Waals surface area contributed by atoms with Crippen molar-refractivity contribution in [3.63, 3.8) is 0 Å². The molecule has 1 atom stereocenters. The highest BCUT2D eigenvalue weighted by molar-refractivity contribution is 6.33. The second-order valence-corrected chi connectivity index (χ2v) is 12.7. The zero-order valence-electron chi connectivity index (χ0n) is 26.0. The van der Waals surface area contributed by atoms with Crippen molar-refractivity contribution in [2.75, 3.05) is 46.0 Å². The molecule has 2 aromatic carbocycles. The van der Waals surface area contributed by atoms with Gasteiger partial charge in [-0.15, -0.1) is 6.42 Å². The lowest BCUT2D eigenvalue weighted by Gasteiger charge is -2.37. The summed E-state index contributed by atoms with van der Waals surface area (Å²) in [5.74, 6) is 2.28. The number of carbonyl (C=O) groups is 2. The first kappa shape index (κ1) is 31.5. The van der Waals surface area contributed by atoms with Crippen LogP contribution in [0.5, 0.6) is 0 Å². The highest BCUT2D eigenvalue weighted by atomic mass is 35.5. The predicted molar refractivity (Wildman–Crippen MR) is 179 cm³/mol. The average molecular weight is 644 g/mol. The lowest BCUT2D eigenvalue weighted by Crippen LogP contribution is -2.50. The fourth-order valence-electron chi connectivity index (χ4n) is 6.70. The summed E-state index contributed by atoms with van der Waals surface area (Å²) >= 11 is 6.35. The van der Waals surface area contributed by atoms with Crippen LogP contribution >= 0.6 is 11.6 Å². The highest BCUT2D eigenvalue weighted by Crippen LogP contribution is 2.29. The predicted octanol–water partition coefficient (Wildman–Crippen LogP) is 4.03. The molecule has 0 unspecified atom stereocenters. The molecule has 0 bridgehead atoms. The number of nitrogens with one attached hydrogen (secondary N) is 1. The normalized spacial score (nSPS) is 17.0. The lowest BCUT2D eigenvalue weighted by molar-refractivity contribution is -0.142. The summed E-state index contributed by atoms with van der Waals surface area (Å²) < 4.78 is 7.71. The number of pyridine rings is 1. The zero-order chi connectivity index (χ0) is 32.5. The molecule has 46 heavy (non-hydrogen) atoms. The summed E-state index contributed by atoms with van der Waals surface area (Å²) in [6.45, 7) is 1.88. The standard InChI is InChI=1S/C34H38ClN7O4/c1-4-22-17-21(18-26(35)30(22)36)19-29(32(43)40-13-9-23(10-14-40)39(2)3)46-34(45)41-15-11-24(12-16-41)42-28-20-37-27-8-6-5-7-25(27)31(28)38-33(42)44/h1,5-8,17-18,20,23-24,29H,9-16,19,36H2,2-3H3,(H,38,44)/t29-/m1/s1. The Balaban J connectivity index is 1.17. The van der Waals surface area contributed by atoms with Crippen molar-refractivity contribution in [1.82, 2.24) is 29.2 Å². The highest BCUT2D eigenvalue weighted by Gasteiger charge is 2.34. The SMILES string of the molecule is C#Cc1cc(C[C@@H](OC(=O)N2CCC(n3c(=O)[nH]c4c5ccccc5ncc43)CC2)C(=O)N2CCC(N(C)C)CC2)cc(Cl)c1N. The van der Waals surface area contributed by atoms with Gasteiger partial charge in [0.05, 0.1) is 33.5 Å². The lowest BCUT2D eigenvalue weighted by atomic mass is 10.0. The Kier molecular flexibility index (Phi) is 8.93. The van der Waals surface area contributed by atoms with Crippen molar-refractivity contribution in [2.45, 2.75) is 50.3 Å². The number of benzene rings is 2. The number of fused-ring (bicyclic) bond motifs is 3. The van der Waals surface area contributed by atoms with Crippen LogP contribution in [0, 0.1) is 12.3 Å². The molecular formula is C34H38ClN7O4. The number of hydrogen-bond donors (Lipinski definition) is 2. The van der Waals surface area contributed by atoms with E-state index in [1.165, 1.54) is 0 Å². The molecule has 6 rings (SSSR count). The number of hydrogen-bond acceptors (Lipinski definition) is 7. The van der Waals surface area contributed by atoms with Gasteiger partial charge in [-0.2, -0.15) is 0 Å². The number of rotatable bonds is 6. The van der Waals surface area contributed by atoms with E-state index in [-0.39, 0.29) is 29.1 Å². The van der Waals surface area contributed by atoms with E-state index in [2.05, 4.69) is 20.8 Å². The van der Waals surface area contributed by atoms with Gasteiger partial charge in [-0.05, 0) is 63.5 Å². The van der Waals surface area contributed by atoms with E-state index in [9.17, 15) is 14.4 Å². The first-order chi connectivity index (χ1) is 22.1. The number of carbonyl (C=O) groups excluding carboxylic acids is 2. The van der Waals surface area contributed by atoms with Crippen molar-refractivity contribution >= 4 is 51.2 Å². The molecule has 0 aliphatic carbocycles. The molecule has 240 valence electrons. The molecule has 2 amide bonds. The van der Waals surface area contributed by atoms with Gasteiger partial charge < -0.3 is 30.2 Å². The maximum absolute atomic E-state index is 13.8. The van der Waals surface area contributed by atoms with E-state index in [0.717, 1.165) is 34.8 Å². The van der Waals surface area contributed by atoms with Crippen LogP contribution in [0.1, 0.15) is 42.9 Å². The van der Waals surface area contributed by atoms with Gasteiger partial charge in [-0.1, -0.05) is 35.7 Å². The van der Waals surface area contributed by atoms with Crippen molar-refractivity contribution in [1.29, 1.82) is 0 Å². The maximum Gasteiger partial charge on any atom is 0.410 e. The summed E-state index contributed by atoms with van der Waals surface area (Å²) in [5, 5.41) is 1.17. The average Bonchev–Trinajstić information content (AvgIpc) is 3.41. The zero-order valence-corrected chi connectivity index (χ0v) is 26.8. The number of nitrogens with zero attached hydrogens (tertiary/aromatic N) is 5. The third-order valence-electron chi connectivity index (χ3n) is 9.34. The molecule has 3 N–H and O–H groups in total. The van der Waals surface area contributed by atoms with E-state index in [1.807, 2.05) is 38.4 Å². The molecule has 2 aliphatic heterocycles. The molecule has 12 heteroatoms. The number of H-pyrrole nitrogens is 1. The molecule has 4 heterocycles. The van der Waals surface area contributed by atoms with Crippen LogP contribution in [-0.4, -0.2) is 93.7 Å². The second kappa shape index (κ2) is 13.1. The largest absolute Gasteiger partial charge is 0.436 e. The minimum Gasteiger partial charge on any atom is -0.436 e. The third kappa shape index (κ3) is 6.15. The smallest absolute Gasteiger partial charge is 0.410 e.